The van der Waals surface area contributed by atoms with Crippen LogP contribution < -0.4 is 0 Å². The van der Waals surface area contributed by atoms with E-state index in [0.717, 1.165) is 6.07 Å². The first kappa shape index (κ1) is 17.8. The van der Waals surface area contributed by atoms with Crippen LogP contribution in [0.4, 0.5) is 26.3 Å². The molecule has 1 aromatic carbocycles. The van der Waals surface area contributed by atoms with E-state index in [0.29, 0.717) is 23.8 Å². The summed E-state index contributed by atoms with van der Waals surface area (Å²) in [5.74, 6) is 0. The van der Waals surface area contributed by atoms with Gasteiger partial charge >= 0.3 is 12.4 Å². The summed E-state index contributed by atoms with van der Waals surface area (Å²) in [5.41, 5.74) is -2.86. The summed E-state index contributed by atoms with van der Waals surface area (Å²) in [7, 11) is 0. The Balaban J connectivity index is 2.10. The molecule has 0 bridgehead atoms. The molecule has 0 amide bonds. The van der Waals surface area contributed by atoms with Crippen molar-refractivity contribution in [1.82, 2.24) is 20.4 Å². The first-order chi connectivity index (χ1) is 12.2. The molecule has 26 heavy (non-hydrogen) atoms. The van der Waals surface area contributed by atoms with Crippen molar-refractivity contribution in [2.75, 3.05) is 0 Å². The third-order valence-corrected chi connectivity index (χ3v) is 3.40. The van der Waals surface area contributed by atoms with E-state index >= 15 is 0 Å². The van der Waals surface area contributed by atoms with E-state index in [1.807, 2.05) is 0 Å². The molecule has 0 saturated heterocycles. The van der Waals surface area contributed by atoms with Crippen LogP contribution in [0.2, 0.25) is 0 Å². The molecule has 3 rings (SSSR count). The molecule has 2 heterocycles. The van der Waals surface area contributed by atoms with Crippen molar-refractivity contribution >= 4 is 0 Å². The topological polar surface area (TPSA) is 51.6 Å². The van der Waals surface area contributed by atoms with Crippen molar-refractivity contribution < 1.29 is 26.3 Å². The van der Waals surface area contributed by atoms with Gasteiger partial charge in [-0.3, -0.25) is 0 Å². The molecule has 3 aromatic rings. The normalized spacial score (nSPS) is 12.2. The summed E-state index contributed by atoms with van der Waals surface area (Å²) in [4.78, 5) is 0. The highest BCUT2D eigenvalue weighted by molar-refractivity contribution is 5.67. The first-order valence-corrected chi connectivity index (χ1v) is 6.98. The van der Waals surface area contributed by atoms with Gasteiger partial charge in [0, 0.05) is 11.1 Å². The number of aromatic nitrogens is 4. The zero-order valence-electron chi connectivity index (χ0n) is 12.6. The summed E-state index contributed by atoms with van der Waals surface area (Å²) >= 11 is 0. The molecule has 0 atom stereocenters. The van der Waals surface area contributed by atoms with Crippen LogP contribution >= 0.6 is 0 Å². The van der Waals surface area contributed by atoms with Crippen molar-refractivity contribution in [3.8, 4) is 22.5 Å². The van der Waals surface area contributed by atoms with Gasteiger partial charge in [-0.2, -0.15) is 31.4 Å². The van der Waals surface area contributed by atoms with E-state index in [1.54, 1.807) is 0 Å². The van der Waals surface area contributed by atoms with E-state index in [1.165, 1.54) is 18.3 Å². The zero-order chi connectivity index (χ0) is 18.9. The Hall–Kier alpha value is -3.04. The Morgan fingerprint density at radius 2 is 1.46 bits per heavy atom. The summed E-state index contributed by atoms with van der Waals surface area (Å²) in [6.07, 6.45) is -5.76. The minimum atomic E-state index is -4.84. The summed E-state index contributed by atoms with van der Waals surface area (Å²) < 4.78 is 78.1. The molecule has 0 spiro atoms. The van der Waals surface area contributed by atoms with Crippen LogP contribution in [0.5, 0.6) is 0 Å². The number of alkyl halides is 6. The van der Waals surface area contributed by atoms with Crippen LogP contribution in [0.3, 0.4) is 0 Å². The van der Waals surface area contributed by atoms with E-state index < -0.39 is 29.0 Å². The van der Waals surface area contributed by atoms with Crippen LogP contribution in [0.25, 0.3) is 22.5 Å². The largest absolute Gasteiger partial charge is 0.417 e. The Kier molecular flexibility index (Phi) is 4.34. The average molecular weight is 369 g/mol. The molecule has 0 unspecified atom stereocenters. The maximum atomic E-state index is 13.2. The smallest absolute Gasteiger partial charge is 0.166 e. The van der Waals surface area contributed by atoms with Gasteiger partial charge in [0.1, 0.15) is 6.20 Å². The fraction of sp³-hybridized carbons (Fsp3) is 0.125. The lowest BCUT2D eigenvalue weighted by Gasteiger charge is -2.15. The van der Waals surface area contributed by atoms with E-state index in [-0.39, 0.29) is 11.4 Å². The van der Waals surface area contributed by atoms with Gasteiger partial charge in [-0.25, -0.2) is 0 Å². The zero-order valence-corrected chi connectivity index (χ0v) is 12.6. The molecular weight excluding hydrogens is 362 g/mol. The maximum Gasteiger partial charge on any atom is 0.417 e. The fourth-order valence-electron chi connectivity index (χ4n) is 2.20. The summed E-state index contributed by atoms with van der Waals surface area (Å²) in [5, 5.41) is 14.4. The van der Waals surface area contributed by atoms with E-state index in [4.69, 9.17) is 0 Å². The van der Waals surface area contributed by atoms with Gasteiger partial charge in [0.2, 0.25) is 0 Å². The third-order valence-electron chi connectivity index (χ3n) is 3.40. The van der Waals surface area contributed by atoms with Gasteiger partial charge in [0.25, 0.3) is 0 Å². The standard InChI is InChI=1S/C16H7F6N4/c17-15(18,19)10-1-2-12(16(20,21)22)11(7-10)14-4-3-13(25-26-14)9-5-6-23-24-8-9/h1-7H. The average Bonchev–Trinajstić information content (AvgIpc) is 2.60. The highest BCUT2D eigenvalue weighted by Crippen LogP contribution is 2.40. The second kappa shape index (κ2) is 6.36. The molecule has 0 N–H and O–H groups in total. The van der Waals surface area contributed by atoms with Crippen molar-refractivity contribution in [3.05, 3.63) is 59.9 Å². The van der Waals surface area contributed by atoms with Gasteiger partial charge in [0.15, 0.2) is 0 Å². The Bertz CT molecular complexity index is 905. The molecule has 2 aromatic heterocycles. The predicted octanol–water partition coefficient (Wildman–Crippen LogP) is 4.44. The van der Waals surface area contributed by atoms with Gasteiger partial charge < -0.3 is 0 Å². The SMILES string of the molecule is FC(F)(F)c1ccc(C(F)(F)F)c(-c2ccc(-c3[c]nncc3)nn2)c1. The maximum absolute atomic E-state index is 13.2. The van der Waals surface area contributed by atoms with Gasteiger partial charge in [-0.05, 0) is 36.4 Å². The molecule has 0 fully saturated rings. The Morgan fingerprint density at radius 3 is 2.00 bits per heavy atom. The highest BCUT2D eigenvalue weighted by Gasteiger charge is 2.37. The van der Waals surface area contributed by atoms with Crippen molar-refractivity contribution in [2.45, 2.75) is 12.4 Å². The second-order valence-electron chi connectivity index (χ2n) is 5.12. The molecule has 0 aliphatic carbocycles. The second-order valence-corrected chi connectivity index (χ2v) is 5.12. The van der Waals surface area contributed by atoms with Gasteiger partial charge in [0.05, 0.1) is 28.7 Å². The minimum Gasteiger partial charge on any atom is -0.166 e. The number of rotatable bonds is 2. The third kappa shape index (κ3) is 3.63. The van der Waals surface area contributed by atoms with Gasteiger partial charge in [-0.1, -0.05) is 0 Å². The van der Waals surface area contributed by atoms with Crippen molar-refractivity contribution in [1.29, 1.82) is 0 Å². The summed E-state index contributed by atoms with van der Waals surface area (Å²) in [6, 6.07) is 5.15. The Morgan fingerprint density at radius 1 is 0.769 bits per heavy atom. The number of nitrogens with zero attached hydrogens (tertiary/aromatic N) is 4. The molecule has 1 radical (unpaired) electrons. The van der Waals surface area contributed by atoms with Crippen LogP contribution in [0, 0.1) is 6.20 Å². The van der Waals surface area contributed by atoms with Gasteiger partial charge in [-0.15, -0.1) is 15.3 Å². The quantitative estimate of drug-likeness (QED) is 0.627. The molecule has 0 saturated carbocycles. The van der Waals surface area contributed by atoms with Crippen molar-refractivity contribution in [3.63, 3.8) is 0 Å². The van der Waals surface area contributed by atoms with Crippen LogP contribution in [-0.2, 0) is 12.4 Å². The lowest BCUT2D eigenvalue weighted by molar-refractivity contribution is -0.141. The van der Waals surface area contributed by atoms with Crippen molar-refractivity contribution in [2.24, 2.45) is 0 Å². The molecule has 4 nitrogen and oxygen atoms in total. The van der Waals surface area contributed by atoms with Crippen LogP contribution in [0.15, 0.2) is 42.6 Å². The number of halogens is 6. The lowest BCUT2D eigenvalue weighted by Crippen LogP contribution is -2.11. The highest BCUT2D eigenvalue weighted by atomic mass is 19.4. The molecule has 0 aliphatic rings. The fourth-order valence-corrected chi connectivity index (χ4v) is 2.20. The summed E-state index contributed by atoms with van der Waals surface area (Å²) in [6.45, 7) is 0. The molecule has 133 valence electrons. The number of hydrogen-bond donors (Lipinski definition) is 0. The molecule has 0 aliphatic heterocycles. The first-order valence-electron chi connectivity index (χ1n) is 6.98. The molecule has 10 heteroatoms. The Labute approximate surface area is 142 Å². The minimum absolute atomic E-state index is 0.240. The van der Waals surface area contributed by atoms with E-state index in [9.17, 15) is 26.3 Å². The number of benzene rings is 1. The van der Waals surface area contributed by atoms with Crippen LogP contribution in [0.1, 0.15) is 11.1 Å². The van der Waals surface area contributed by atoms with E-state index in [2.05, 4.69) is 26.6 Å². The molecular formula is C16H7F6N4. The predicted molar refractivity (Wildman–Crippen MR) is 77.3 cm³/mol. The number of hydrogen-bond acceptors (Lipinski definition) is 4. The monoisotopic (exact) mass is 369 g/mol. The lowest BCUT2D eigenvalue weighted by atomic mass is 10.00. The van der Waals surface area contributed by atoms with Crippen LogP contribution in [-0.4, -0.2) is 20.4 Å².